The fourth-order valence-electron chi connectivity index (χ4n) is 3.03. The number of carbonyl (C=O) groups excluding carboxylic acids is 3. The van der Waals surface area contributed by atoms with Gasteiger partial charge >= 0.3 is 6.03 Å². The first-order valence-corrected chi connectivity index (χ1v) is 8.01. The standard InChI is InChI=1S/C17H21N3O3/c1-12-6-8-19(9-7-12)16(22)14-5-3-2-4-13(14)11-20-15(21)10-18-17(20)23/h2-5,12H,6-11H2,1H3,(H,18,23). The third kappa shape index (κ3) is 3.21. The van der Waals surface area contributed by atoms with Gasteiger partial charge in [-0.05, 0) is 30.4 Å². The number of rotatable bonds is 3. The summed E-state index contributed by atoms with van der Waals surface area (Å²) < 4.78 is 0. The van der Waals surface area contributed by atoms with Crippen LogP contribution in [0.4, 0.5) is 4.79 Å². The quantitative estimate of drug-likeness (QED) is 0.862. The lowest BCUT2D eigenvalue weighted by molar-refractivity contribution is -0.125. The highest BCUT2D eigenvalue weighted by Gasteiger charge is 2.30. The molecule has 2 saturated heterocycles. The normalized spacial score (nSPS) is 19.2. The molecule has 0 unspecified atom stereocenters. The van der Waals surface area contributed by atoms with Crippen LogP contribution in [0.25, 0.3) is 0 Å². The molecule has 2 fully saturated rings. The van der Waals surface area contributed by atoms with E-state index in [9.17, 15) is 14.4 Å². The van der Waals surface area contributed by atoms with Gasteiger partial charge in [0.05, 0.1) is 13.1 Å². The summed E-state index contributed by atoms with van der Waals surface area (Å²) in [5, 5.41) is 2.50. The first-order chi connectivity index (χ1) is 11.1. The Hall–Kier alpha value is -2.37. The molecule has 6 nitrogen and oxygen atoms in total. The maximum atomic E-state index is 12.8. The summed E-state index contributed by atoms with van der Waals surface area (Å²) >= 11 is 0. The minimum atomic E-state index is -0.399. The molecule has 0 spiro atoms. The highest BCUT2D eigenvalue weighted by Crippen LogP contribution is 2.21. The molecule has 122 valence electrons. The Balaban J connectivity index is 1.79. The van der Waals surface area contributed by atoms with Crippen LogP contribution in [0.2, 0.25) is 0 Å². The molecule has 2 heterocycles. The summed E-state index contributed by atoms with van der Waals surface area (Å²) in [5.74, 6) is 0.379. The Labute approximate surface area is 135 Å². The van der Waals surface area contributed by atoms with Gasteiger partial charge in [-0.3, -0.25) is 14.5 Å². The number of nitrogens with zero attached hydrogens (tertiary/aromatic N) is 2. The first kappa shape index (κ1) is 15.5. The molecule has 4 amide bonds. The second-order valence-electron chi connectivity index (χ2n) is 6.27. The first-order valence-electron chi connectivity index (χ1n) is 8.01. The molecular formula is C17H21N3O3. The number of hydrogen-bond donors (Lipinski definition) is 1. The van der Waals surface area contributed by atoms with E-state index in [-0.39, 0.29) is 24.9 Å². The molecule has 1 aromatic carbocycles. The van der Waals surface area contributed by atoms with Crippen molar-refractivity contribution in [2.75, 3.05) is 19.6 Å². The van der Waals surface area contributed by atoms with E-state index in [1.54, 1.807) is 12.1 Å². The zero-order chi connectivity index (χ0) is 16.4. The minimum absolute atomic E-state index is 0.0143. The van der Waals surface area contributed by atoms with Gasteiger partial charge in [-0.2, -0.15) is 0 Å². The van der Waals surface area contributed by atoms with Gasteiger partial charge in [-0.1, -0.05) is 25.1 Å². The van der Waals surface area contributed by atoms with Crippen molar-refractivity contribution >= 4 is 17.8 Å². The van der Waals surface area contributed by atoms with Gasteiger partial charge in [0.1, 0.15) is 0 Å². The summed E-state index contributed by atoms with van der Waals surface area (Å²) in [5.41, 5.74) is 1.29. The molecule has 2 aliphatic rings. The van der Waals surface area contributed by atoms with Gasteiger partial charge in [-0.25, -0.2) is 4.79 Å². The summed E-state index contributed by atoms with van der Waals surface area (Å²) in [6.07, 6.45) is 2.03. The average Bonchev–Trinajstić information content (AvgIpc) is 2.87. The zero-order valence-electron chi connectivity index (χ0n) is 13.2. The highest BCUT2D eigenvalue weighted by atomic mass is 16.2. The van der Waals surface area contributed by atoms with E-state index in [1.807, 2.05) is 17.0 Å². The summed E-state index contributed by atoms with van der Waals surface area (Å²) in [7, 11) is 0. The number of benzene rings is 1. The van der Waals surface area contributed by atoms with Gasteiger partial charge in [0, 0.05) is 18.7 Å². The predicted molar refractivity (Wildman–Crippen MR) is 84.7 cm³/mol. The minimum Gasteiger partial charge on any atom is -0.339 e. The van der Waals surface area contributed by atoms with Crippen LogP contribution in [0.1, 0.15) is 35.7 Å². The topological polar surface area (TPSA) is 69.7 Å². The number of piperidine rings is 1. The highest BCUT2D eigenvalue weighted by molar-refractivity contribution is 6.02. The van der Waals surface area contributed by atoms with E-state index in [0.29, 0.717) is 17.0 Å². The van der Waals surface area contributed by atoms with E-state index >= 15 is 0 Å². The molecular weight excluding hydrogens is 294 g/mol. The molecule has 0 aromatic heterocycles. The third-order valence-electron chi connectivity index (χ3n) is 4.58. The van der Waals surface area contributed by atoms with E-state index in [4.69, 9.17) is 0 Å². The van der Waals surface area contributed by atoms with Gasteiger partial charge in [-0.15, -0.1) is 0 Å². The second-order valence-corrected chi connectivity index (χ2v) is 6.27. The molecule has 2 aliphatic heterocycles. The van der Waals surface area contributed by atoms with E-state index in [1.165, 1.54) is 0 Å². The molecule has 3 rings (SSSR count). The van der Waals surface area contributed by atoms with Crippen LogP contribution >= 0.6 is 0 Å². The number of amides is 4. The van der Waals surface area contributed by atoms with Crippen LogP contribution in [0, 0.1) is 5.92 Å². The van der Waals surface area contributed by atoms with Crippen LogP contribution in [-0.2, 0) is 11.3 Å². The van der Waals surface area contributed by atoms with Crippen molar-refractivity contribution in [3.05, 3.63) is 35.4 Å². The van der Waals surface area contributed by atoms with E-state index in [0.717, 1.165) is 30.8 Å². The fourth-order valence-corrected chi connectivity index (χ4v) is 3.03. The van der Waals surface area contributed by atoms with Crippen LogP contribution in [0.15, 0.2) is 24.3 Å². The molecule has 0 aliphatic carbocycles. The molecule has 0 atom stereocenters. The molecule has 6 heteroatoms. The molecule has 23 heavy (non-hydrogen) atoms. The van der Waals surface area contributed by atoms with Gasteiger partial charge in [0.25, 0.3) is 5.91 Å². The van der Waals surface area contributed by atoms with Crippen molar-refractivity contribution in [3.8, 4) is 0 Å². The number of hydrogen-bond acceptors (Lipinski definition) is 3. The van der Waals surface area contributed by atoms with Crippen LogP contribution in [0.5, 0.6) is 0 Å². The number of carbonyl (C=O) groups is 3. The van der Waals surface area contributed by atoms with Crippen molar-refractivity contribution in [2.45, 2.75) is 26.3 Å². The van der Waals surface area contributed by atoms with Crippen molar-refractivity contribution in [1.29, 1.82) is 0 Å². The Bertz CT molecular complexity index is 620. The Morgan fingerprint density at radius 2 is 1.91 bits per heavy atom. The maximum Gasteiger partial charge on any atom is 0.324 e. The van der Waals surface area contributed by atoms with Crippen molar-refractivity contribution in [3.63, 3.8) is 0 Å². The molecule has 1 aromatic rings. The summed E-state index contributed by atoms with van der Waals surface area (Å²) in [6.45, 7) is 3.89. The summed E-state index contributed by atoms with van der Waals surface area (Å²) in [6, 6.07) is 6.81. The Morgan fingerprint density at radius 1 is 1.22 bits per heavy atom. The average molecular weight is 315 g/mol. The van der Waals surface area contributed by atoms with Gasteiger partial charge in [0.15, 0.2) is 0 Å². The smallest absolute Gasteiger partial charge is 0.324 e. The SMILES string of the molecule is CC1CCN(C(=O)c2ccccc2CN2C(=O)CNC2=O)CC1. The fraction of sp³-hybridized carbons (Fsp3) is 0.471. The van der Waals surface area contributed by atoms with Crippen LogP contribution < -0.4 is 5.32 Å². The maximum absolute atomic E-state index is 12.8. The number of nitrogens with one attached hydrogen (secondary N) is 1. The lowest BCUT2D eigenvalue weighted by Gasteiger charge is -2.31. The number of likely N-dealkylation sites (tertiary alicyclic amines) is 1. The molecule has 1 N–H and O–H groups in total. The lowest BCUT2D eigenvalue weighted by Crippen LogP contribution is -2.39. The van der Waals surface area contributed by atoms with Crippen molar-refractivity contribution < 1.29 is 14.4 Å². The van der Waals surface area contributed by atoms with Gasteiger partial charge < -0.3 is 10.2 Å². The largest absolute Gasteiger partial charge is 0.339 e. The Morgan fingerprint density at radius 3 is 2.57 bits per heavy atom. The molecule has 0 radical (unpaired) electrons. The van der Waals surface area contributed by atoms with Crippen molar-refractivity contribution in [2.24, 2.45) is 5.92 Å². The number of urea groups is 1. The molecule has 0 saturated carbocycles. The summed E-state index contributed by atoms with van der Waals surface area (Å²) in [4.78, 5) is 39.3. The predicted octanol–water partition coefficient (Wildman–Crippen LogP) is 1.61. The Kier molecular flexibility index (Phi) is 4.32. The van der Waals surface area contributed by atoms with Gasteiger partial charge in [0.2, 0.25) is 5.91 Å². The lowest BCUT2D eigenvalue weighted by atomic mass is 9.97. The van der Waals surface area contributed by atoms with Crippen LogP contribution in [-0.4, -0.2) is 47.3 Å². The zero-order valence-corrected chi connectivity index (χ0v) is 13.2. The third-order valence-corrected chi connectivity index (χ3v) is 4.58. The van der Waals surface area contributed by atoms with E-state index < -0.39 is 6.03 Å². The van der Waals surface area contributed by atoms with Crippen LogP contribution in [0.3, 0.4) is 0 Å². The molecule has 0 bridgehead atoms. The second kappa shape index (κ2) is 6.40. The number of imide groups is 1. The van der Waals surface area contributed by atoms with E-state index in [2.05, 4.69) is 12.2 Å². The monoisotopic (exact) mass is 315 g/mol. The van der Waals surface area contributed by atoms with Crippen molar-refractivity contribution in [1.82, 2.24) is 15.1 Å².